The van der Waals surface area contributed by atoms with E-state index in [4.69, 9.17) is 0 Å². The molecule has 2 saturated heterocycles. The van der Waals surface area contributed by atoms with Gasteiger partial charge in [0.25, 0.3) is 5.92 Å². The Balaban J connectivity index is 1.73. The zero-order valence-electron chi connectivity index (χ0n) is 8.64. The third-order valence-electron chi connectivity index (χ3n) is 3.12. The first kappa shape index (κ1) is 10.8. The first-order valence-electron chi connectivity index (χ1n) is 5.43. The Labute approximate surface area is 87.8 Å². The molecule has 0 aliphatic carbocycles. The molecule has 0 radical (unpaired) electrons. The van der Waals surface area contributed by atoms with E-state index in [9.17, 15) is 13.6 Å². The van der Waals surface area contributed by atoms with E-state index in [1.807, 2.05) is 0 Å². The second-order valence-electron chi connectivity index (χ2n) is 4.50. The molecule has 0 aromatic carbocycles. The van der Waals surface area contributed by atoms with Crippen LogP contribution in [0, 0.1) is 5.92 Å². The van der Waals surface area contributed by atoms with Crippen molar-refractivity contribution in [3.05, 3.63) is 0 Å². The van der Waals surface area contributed by atoms with E-state index in [1.165, 1.54) is 4.90 Å². The first-order valence-corrected chi connectivity index (χ1v) is 5.43. The molecule has 0 saturated carbocycles. The van der Waals surface area contributed by atoms with Gasteiger partial charge in [-0.1, -0.05) is 0 Å². The SMILES string of the molecule is O=C(CC1CCNCC1)N1CC(F)(F)C1. The summed E-state index contributed by atoms with van der Waals surface area (Å²) in [7, 11) is 0. The number of carbonyl (C=O) groups excluding carboxylic acids is 1. The van der Waals surface area contributed by atoms with Crippen LogP contribution in [0.15, 0.2) is 0 Å². The predicted molar refractivity (Wildman–Crippen MR) is 51.7 cm³/mol. The second-order valence-corrected chi connectivity index (χ2v) is 4.50. The zero-order valence-corrected chi connectivity index (χ0v) is 8.64. The fourth-order valence-corrected chi connectivity index (χ4v) is 2.15. The van der Waals surface area contributed by atoms with Gasteiger partial charge in [0, 0.05) is 6.42 Å². The Morgan fingerprint density at radius 3 is 2.47 bits per heavy atom. The molecule has 0 atom stereocenters. The number of likely N-dealkylation sites (tertiary alicyclic amines) is 1. The van der Waals surface area contributed by atoms with Crippen molar-refractivity contribution in [2.24, 2.45) is 5.92 Å². The molecule has 0 unspecified atom stereocenters. The highest BCUT2D eigenvalue weighted by atomic mass is 19.3. The molecule has 0 aromatic heterocycles. The van der Waals surface area contributed by atoms with Crippen molar-refractivity contribution in [2.45, 2.75) is 25.2 Å². The summed E-state index contributed by atoms with van der Waals surface area (Å²) in [6.07, 6.45) is 2.41. The monoisotopic (exact) mass is 218 g/mol. The number of hydrogen-bond acceptors (Lipinski definition) is 2. The maximum Gasteiger partial charge on any atom is 0.282 e. The van der Waals surface area contributed by atoms with Crippen LogP contribution in [0.4, 0.5) is 8.78 Å². The highest BCUT2D eigenvalue weighted by molar-refractivity contribution is 5.77. The molecule has 0 aromatic rings. The van der Waals surface area contributed by atoms with Crippen LogP contribution in [-0.4, -0.2) is 42.9 Å². The lowest BCUT2D eigenvalue weighted by Gasteiger charge is -2.39. The van der Waals surface area contributed by atoms with Crippen molar-refractivity contribution < 1.29 is 13.6 Å². The van der Waals surface area contributed by atoms with Crippen molar-refractivity contribution in [3.8, 4) is 0 Å². The van der Waals surface area contributed by atoms with Gasteiger partial charge in [-0.25, -0.2) is 8.78 Å². The maximum atomic E-state index is 12.5. The minimum atomic E-state index is -2.64. The number of nitrogens with one attached hydrogen (secondary N) is 1. The second kappa shape index (κ2) is 4.04. The van der Waals surface area contributed by atoms with Gasteiger partial charge in [0.2, 0.25) is 5.91 Å². The molecule has 2 heterocycles. The third kappa shape index (κ3) is 2.65. The van der Waals surface area contributed by atoms with Crippen molar-refractivity contribution in [3.63, 3.8) is 0 Å². The molecule has 0 spiro atoms. The van der Waals surface area contributed by atoms with Crippen LogP contribution >= 0.6 is 0 Å². The van der Waals surface area contributed by atoms with Gasteiger partial charge in [-0.05, 0) is 31.8 Å². The molecule has 3 nitrogen and oxygen atoms in total. The minimum absolute atomic E-state index is 0.104. The molecule has 1 N–H and O–H groups in total. The molecule has 86 valence electrons. The Morgan fingerprint density at radius 1 is 1.33 bits per heavy atom. The molecule has 15 heavy (non-hydrogen) atoms. The van der Waals surface area contributed by atoms with Crippen LogP contribution in [0.3, 0.4) is 0 Å². The number of piperidine rings is 1. The van der Waals surface area contributed by atoms with E-state index < -0.39 is 5.92 Å². The summed E-state index contributed by atoms with van der Waals surface area (Å²) in [4.78, 5) is 12.8. The van der Waals surface area contributed by atoms with Gasteiger partial charge in [0.15, 0.2) is 0 Å². The fourth-order valence-electron chi connectivity index (χ4n) is 2.15. The molecule has 2 aliphatic rings. The average molecular weight is 218 g/mol. The normalized spacial score (nSPS) is 26.1. The summed E-state index contributed by atoms with van der Waals surface area (Å²) in [5.41, 5.74) is 0. The number of alkyl halides is 2. The number of halogens is 2. The highest BCUT2D eigenvalue weighted by Crippen LogP contribution is 2.28. The molecule has 0 bridgehead atoms. The van der Waals surface area contributed by atoms with Crippen LogP contribution in [-0.2, 0) is 4.79 Å². The molecule has 2 fully saturated rings. The molecular weight excluding hydrogens is 202 g/mol. The molecule has 5 heteroatoms. The van der Waals surface area contributed by atoms with Gasteiger partial charge in [-0.2, -0.15) is 0 Å². The van der Waals surface area contributed by atoms with Crippen LogP contribution in [0.1, 0.15) is 19.3 Å². The summed E-state index contributed by atoms with van der Waals surface area (Å²) in [6, 6.07) is 0. The van der Waals surface area contributed by atoms with E-state index in [-0.39, 0.29) is 19.0 Å². The number of amides is 1. The zero-order chi connectivity index (χ0) is 10.9. The van der Waals surface area contributed by atoms with Crippen LogP contribution < -0.4 is 5.32 Å². The van der Waals surface area contributed by atoms with Crippen molar-refractivity contribution >= 4 is 5.91 Å². The Kier molecular flexibility index (Phi) is 2.91. The maximum absolute atomic E-state index is 12.5. The summed E-state index contributed by atoms with van der Waals surface area (Å²) in [6.45, 7) is 1.12. The molecule has 1 amide bonds. The minimum Gasteiger partial charge on any atom is -0.330 e. The van der Waals surface area contributed by atoms with Gasteiger partial charge in [-0.3, -0.25) is 4.79 Å². The van der Waals surface area contributed by atoms with E-state index >= 15 is 0 Å². The molecular formula is C10H16F2N2O. The lowest BCUT2D eigenvalue weighted by atomic mass is 9.93. The predicted octanol–water partition coefficient (Wildman–Crippen LogP) is 0.854. The number of hydrogen-bond donors (Lipinski definition) is 1. The number of nitrogens with zero attached hydrogens (tertiary/aromatic N) is 1. The Morgan fingerprint density at radius 2 is 1.93 bits per heavy atom. The topological polar surface area (TPSA) is 32.3 Å². The summed E-state index contributed by atoms with van der Waals surface area (Å²) < 4.78 is 25.0. The lowest BCUT2D eigenvalue weighted by Crippen LogP contribution is -2.58. The molecule has 2 rings (SSSR count). The van der Waals surface area contributed by atoms with Crippen LogP contribution in [0.2, 0.25) is 0 Å². The fraction of sp³-hybridized carbons (Fsp3) is 0.900. The van der Waals surface area contributed by atoms with Crippen molar-refractivity contribution in [1.82, 2.24) is 10.2 Å². The largest absolute Gasteiger partial charge is 0.330 e. The summed E-state index contributed by atoms with van der Waals surface area (Å²) >= 11 is 0. The van der Waals surface area contributed by atoms with Gasteiger partial charge in [0.1, 0.15) is 0 Å². The van der Waals surface area contributed by atoms with Gasteiger partial charge < -0.3 is 10.2 Å². The number of rotatable bonds is 2. The summed E-state index contributed by atoms with van der Waals surface area (Å²) in [5.74, 6) is -2.36. The van der Waals surface area contributed by atoms with Gasteiger partial charge in [0.05, 0.1) is 13.1 Å². The van der Waals surface area contributed by atoms with Crippen LogP contribution in [0.5, 0.6) is 0 Å². The van der Waals surface area contributed by atoms with E-state index in [0.717, 1.165) is 25.9 Å². The average Bonchev–Trinajstić information content (AvgIpc) is 2.15. The Bertz CT molecular complexity index is 244. The van der Waals surface area contributed by atoms with E-state index in [2.05, 4.69) is 5.32 Å². The van der Waals surface area contributed by atoms with Crippen molar-refractivity contribution in [1.29, 1.82) is 0 Å². The van der Waals surface area contributed by atoms with E-state index in [0.29, 0.717) is 12.3 Å². The van der Waals surface area contributed by atoms with Gasteiger partial charge in [-0.15, -0.1) is 0 Å². The third-order valence-corrected chi connectivity index (χ3v) is 3.12. The smallest absolute Gasteiger partial charge is 0.282 e. The van der Waals surface area contributed by atoms with Gasteiger partial charge >= 0.3 is 0 Å². The van der Waals surface area contributed by atoms with Crippen molar-refractivity contribution in [2.75, 3.05) is 26.2 Å². The first-order chi connectivity index (χ1) is 7.07. The van der Waals surface area contributed by atoms with Crippen LogP contribution in [0.25, 0.3) is 0 Å². The quantitative estimate of drug-likeness (QED) is 0.745. The molecule has 2 aliphatic heterocycles. The highest BCUT2D eigenvalue weighted by Gasteiger charge is 2.46. The van der Waals surface area contributed by atoms with E-state index in [1.54, 1.807) is 0 Å². The number of carbonyl (C=O) groups is 1. The lowest BCUT2D eigenvalue weighted by molar-refractivity contribution is -0.166. The summed E-state index contributed by atoms with van der Waals surface area (Å²) in [5, 5.41) is 3.21. The standard InChI is InChI=1S/C10H16F2N2O/c11-10(12)6-14(7-10)9(15)5-8-1-3-13-4-2-8/h8,13H,1-7H2. The Hall–Kier alpha value is -0.710.